The molecule has 0 saturated heterocycles. The van der Waals surface area contributed by atoms with Crippen molar-refractivity contribution in [3.8, 4) is 5.75 Å². The van der Waals surface area contributed by atoms with Crippen molar-refractivity contribution in [2.75, 3.05) is 13.2 Å². The molecule has 0 radical (unpaired) electrons. The number of ether oxygens (including phenoxy) is 1. The van der Waals surface area contributed by atoms with Crippen molar-refractivity contribution in [1.82, 2.24) is 19.1 Å². The smallest absolute Gasteiger partial charge is 0.216 e. The predicted octanol–water partition coefficient (Wildman–Crippen LogP) is 4.23. The Kier molecular flexibility index (Phi) is 6.88. The molecular weight excluding hydrogens is 506 g/mol. The molecule has 0 aliphatic heterocycles. The molecule has 2 aromatic heterocycles. The zero-order valence-electron chi connectivity index (χ0n) is 14.4. The normalized spacial score (nSPS) is 11.1. The van der Waals surface area contributed by atoms with Crippen molar-refractivity contribution in [3.63, 3.8) is 0 Å². The third-order valence-electron chi connectivity index (χ3n) is 3.93. The fourth-order valence-corrected chi connectivity index (χ4v) is 4.24. The van der Waals surface area contributed by atoms with Crippen LogP contribution in [0, 0.1) is 5.82 Å². The van der Waals surface area contributed by atoms with Crippen LogP contribution in [0.5, 0.6) is 5.75 Å². The molecule has 0 bridgehead atoms. The SMILES string of the molecule is CC(=O)NCCc1cn(SI)c2cc(F)c(OCCn3cc(Cl)cn3)cc12. The van der Waals surface area contributed by atoms with Gasteiger partial charge in [0.25, 0.3) is 0 Å². The average molecular weight is 523 g/mol. The second kappa shape index (κ2) is 9.16. The van der Waals surface area contributed by atoms with Crippen molar-refractivity contribution in [2.45, 2.75) is 19.9 Å². The highest BCUT2D eigenvalue weighted by Crippen LogP contribution is 2.33. The number of carbonyl (C=O) groups is 1. The maximum absolute atomic E-state index is 14.5. The van der Waals surface area contributed by atoms with Crippen LogP contribution in [0.15, 0.2) is 30.7 Å². The van der Waals surface area contributed by atoms with E-state index in [9.17, 15) is 9.18 Å². The van der Waals surface area contributed by atoms with Gasteiger partial charge in [-0.1, -0.05) is 11.6 Å². The fraction of sp³-hybridized carbons (Fsp3) is 0.294. The van der Waals surface area contributed by atoms with Crippen molar-refractivity contribution >= 4 is 58.7 Å². The highest BCUT2D eigenvalue weighted by Gasteiger charge is 2.14. The molecular formula is C17H17ClFIN4O2S. The maximum Gasteiger partial charge on any atom is 0.216 e. The van der Waals surface area contributed by atoms with Crippen molar-refractivity contribution in [1.29, 1.82) is 0 Å². The minimum Gasteiger partial charge on any atom is -0.489 e. The van der Waals surface area contributed by atoms with Crippen LogP contribution in [0.3, 0.4) is 0 Å². The number of nitrogens with one attached hydrogen (secondary N) is 1. The van der Waals surface area contributed by atoms with Gasteiger partial charge in [-0.3, -0.25) is 13.4 Å². The van der Waals surface area contributed by atoms with E-state index in [1.807, 2.05) is 10.2 Å². The van der Waals surface area contributed by atoms with Crippen LogP contribution in [-0.4, -0.2) is 32.8 Å². The molecule has 6 nitrogen and oxygen atoms in total. The van der Waals surface area contributed by atoms with E-state index in [-0.39, 0.29) is 18.3 Å². The Bertz CT molecular complexity index is 962. The predicted molar refractivity (Wildman–Crippen MR) is 114 cm³/mol. The average Bonchev–Trinajstić information content (AvgIpc) is 3.18. The summed E-state index contributed by atoms with van der Waals surface area (Å²) in [5, 5.41) is 8.30. The summed E-state index contributed by atoms with van der Waals surface area (Å²) in [5.41, 5.74) is 1.79. The van der Waals surface area contributed by atoms with Gasteiger partial charge >= 0.3 is 0 Å². The van der Waals surface area contributed by atoms with Gasteiger partial charge in [0, 0.05) is 67.6 Å². The van der Waals surface area contributed by atoms with E-state index in [2.05, 4.69) is 31.6 Å². The lowest BCUT2D eigenvalue weighted by Crippen LogP contribution is -2.22. The Morgan fingerprint density at radius 2 is 2.26 bits per heavy atom. The summed E-state index contributed by atoms with van der Waals surface area (Å²) in [6, 6.07) is 3.19. The number of benzene rings is 1. The van der Waals surface area contributed by atoms with Gasteiger partial charge in [0.15, 0.2) is 11.6 Å². The van der Waals surface area contributed by atoms with E-state index in [0.717, 1.165) is 16.5 Å². The van der Waals surface area contributed by atoms with Gasteiger partial charge in [0.2, 0.25) is 5.91 Å². The summed E-state index contributed by atoms with van der Waals surface area (Å²) in [6.07, 6.45) is 5.83. The standard InChI is InChI=1S/C17H17ClFIN4O2S/c1-11(25)21-3-2-12-9-24(27-20)16-7-15(19)17(6-14(12)16)26-5-4-23-10-13(18)8-22-23/h6-10H,2-5H2,1H3,(H,21,25). The van der Waals surface area contributed by atoms with Crippen LogP contribution in [0.2, 0.25) is 5.02 Å². The zero-order valence-corrected chi connectivity index (χ0v) is 18.1. The molecule has 2 heterocycles. The number of hydrogen-bond acceptors (Lipinski definition) is 4. The van der Waals surface area contributed by atoms with E-state index >= 15 is 0 Å². The third kappa shape index (κ3) is 5.08. The quantitative estimate of drug-likeness (QED) is 0.450. The van der Waals surface area contributed by atoms with E-state index in [1.165, 1.54) is 22.1 Å². The molecule has 0 atom stereocenters. The number of halogens is 3. The lowest BCUT2D eigenvalue weighted by Gasteiger charge is -2.09. The Balaban J connectivity index is 1.78. The first kappa shape index (κ1) is 20.3. The van der Waals surface area contributed by atoms with Gasteiger partial charge in [0.1, 0.15) is 6.61 Å². The number of rotatable bonds is 8. The Morgan fingerprint density at radius 1 is 1.44 bits per heavy atom. The Hall–Kier alpha value is -1.46. The number of nitrogens with zero attached hydrogens (tertiary/aromatic N) is 3. The maximum atomic E-state index is 14.5. The van der Waals surface area contributed by atoms with Crippen LogP contribution in [-0.2, 0) is 17.8 Å². The molecule has 0 unspecified atom stereocenters. The fourth-order valence-electron chi connectivity index (χ4n) is 2.71. The zero-order chi connectivity index (χ0) is 19.4. The van der Waals surface area contributed by atoms with Gasteiger partial charge < -0.3 is 10.1 Å². The molecule has 0 fully saturated rings. The summed E-state index contributed by atoms with van der Waals surface area (Å²) in [6.45, 7) is 2.74. The van der Waals surface area contributed by atoms with Crippen molar-refractivity contribution in [2.24, 2.45) is 0 Å². The Morgan fingerprint density at radius 3 is 2.93 bits per heavy atom. The van der Waals surface area contributed by atoms with E-state index in [1.54, 1.807) is 23.1 Å². The van der Waals surface area contributed by atoms with Gasteiger partial charge in [-0.05, 0) is 18.1 Å². The largest absolute Gasteiger partial charge is 0.489 e. The molecule has 144 valence electrons. The molecule has 0 spiro atoms. The molecule has 0 aliphatic rings. The summed E-state index contributed by atoms with van der Waals surface area (Å²) >= 11 is 7.98. The lowest BCUT2D eigenvalue weighted by atomic mass is 10.1. The van der Waals surface area contributed by atoms with Gasteiger partial charge in [-0.2, -0.15) is 5.10 Å². The van der Waals surface area contributed by atoms with Gasteiger partial charge in [-0.15, -0.1) is 0 Å². The van der Waals surface area contributed by atoms with Gasteiger partial charge in [-0.25, -0.2) is 4.39 Å². The first-order valence-electron chi connectivity index (χ1n) is 8.15. The van der Waals surface area contributed by atoms with Crippen LogP contribution >= 0.6 is 41.9 Å². The first-order chi connectivity index (χ1) is 13.0. The molecule has 3 rings (SSSR count). The third-order valence-corrected chi connectivity index (χ3v) is 5.85. The summed E-state index contributed by atoms with van der Waals surface area (Å²) < 4.78 is 23.7. The number of aromatic nitrogens is 3. The van der Waals surface area contributed by atoms with Crippen molar-refractivity contribution < 1.29 is 13.9 Å². The molecule has 1 amide bonds. The number of hydrogen-bond donors (Lipinski definition) is 1. The highest BCUT2D eigenvalue weighted by molar-refractivity contribution is 14.2. The van der Waals surface area contributed by atoms with Crippen LogP contribution < -0.4 is 10.1 Å². The molecule has 0 aliphatic carbocycles. The lowest BCUT2D eigenvalue weighted by molar-refractivity contribution is -0.118. The van der Waals surface area contributed by atoms with E-state index in [0.29, 0.717) is 24.5 Å². The number of fused-ring (bicyclic) bond motifs is 1. The number of carbonyl (C=O) groups excluding carboxylic acids is 1. The minimum atomic E-state index is -0.417. The minimum absolute atomic E-state index is 0.0733. The topological polar surface area (TPSA) is 61.1 Å². The summed E-state index contributed by atoms with van der Waals surface area (Å²) in [7, 11) is 1.46. The molecule has 1 N–H and O–H groups in total. The first-order valence-corrected chi connectivity index (χ1v) is 11.8. The second-order valence-electron chi connectivity index (χ2n) is 5.85. The second-order valence-corrected chi connectivity index (χ2v) is 8.00. The summed E-state index contributed by atoms with van der Waals surface area (Å²) in [4.78, 5) is 11.1. The van der Waals surface area contributed by atoms with Crippen LogP contribution in [0.25, 0.3) is 10.9 Å². The molecule has 27 heavy (non-hydrogen) atoms. The highest BCUT2D eigenvalue weighted by atomic mass is 127. The molecule has 3 aromatic rings. The molecule has 0 saturated carbocycles. The Labute approximate surface area is 177 Å². The molecule has 10 heteroatoms. The van der Waals surface area contributed by atoms with Crippen LogP contribution in [0.1, 0.15) is 12.5 Å². The van der Waals surface area contributed by atoms with Gasteiger partial charge in [0.05, 0.1) is 23.3 Å². The van der Waals surface area contributed by atoms with E-state index < -0.39 is 5.82 Å². The van der Waals surface area contributed by atoms with E-state index in [4.69, 9.17) is 16.3 Å². The monoisotopic (exact) mass is 522 g/mol. The number of amides is 1. The van der Waals surface area contributed by atoms with Crippen molar-refractivity contribution in [3.05, 3.63) is 47.1 Å². The van der Waals surface area contributed by atoms with Crippen LogP contribution in [0.4, 0.5) is 4.39 Å². The molecule has 1 aromatic carbocycles. The summed E-state index contributed by atoms with van der Waals surface area (Å²) in [5.74, 6) is -0.298.